The van der Waals surface area contributed by atoms with E-state index < -0.39 is 11.9 Å². The zero-order valence-corrected chi connectivity index (χ0v) is 14.9. The Balaban J connectivity index is 0.000000263. The van der Waals surface area contributed by atoms with Gasteiger partial charge in [-0.2, -0.15) is 11.8 Å². The molecule has 0 heterocycles. The molecule has 0 aliphatic rings. The van der Waals surface area contributed by atoms with Gasteiger partial charge >= 0.3 is 17.9 Å². The number of carboxylic acid groups (broad SMARTS) is 2. The van der Waals surface area contributed by atoms with Gasteiger partial charge in [0.1, 0.15) is 0 Å². The van der Waals surface area contributed by atoms with Crippen LogP contribution in [0.4, 0.5) is 5.69 Å². The van der Waals surface area contributed by atoms with Crippen molar-refractivity contribution in [2.45, 2.75) is 6.42 Å². The van der Waals surface area contributed by atoms with Crippen molar-refractivity contribution in [3.63, 3.8) is 0 Å². The van der Waals surface area contributed by atoms with E-state index in [4.69, 9.17) is 15.1 Å². The van der Waals surface area contributed by atoms with Gasteiger partial charge in [0.25, 0.3) is 0 Å². The first-order valence-corrected chi connectivity index (χ1v) is 8.90. The molecule has 0 aliphatic heterocycles. The minimum atomic E-state index is -1.23. The number of anilines is 1. The van der Waals surface area contributed by atoms with Crippen LogP contribution in [-0.2, 0) is 9.63 Å². The minimum Gasteiger partial charge on any atom is -0.478 e. The molecule has 0 bridgehead atoms. The lowest BCUT2D eigenvalue weighted by atomic mass is 10.1. The van der Waals surface area contributed by atoms with Gasteiger partial charge in [0.2, 0.25) is 0 Å². The highest BCUT2D eigenvalue weighted by molar-refractivity contribution is 7.98. The fourth-order valence-electron chi connectivity index (χ4n) is 1.71. The van der Waals surface area contributed by atoms with Crippen LogP contribution in [0.5, 0.6) is 0 Å². The first-order chi connectivity index (χ1) is 12.5. The van der Waals surface area contributed by atoms with E-state index in [9.17, 15) is 14.4 Å². The SMILES string of the molecule is CSCCC(=O)ONc1ccccc1.O=C(O)c1ccccc1C(=O)O. The Morgan fingerprint density at radius 3 is 1.88 bits per heavy atom. The summed E-state index contributed by atoms with van der Waals surface area (Å²) in [6.45, 7) is 0. The number of nitrogens with one attached hydrogen (secondary N) is 1. The van der Waals surface area contributed by atoms with Crippen LogP contribution in [0.25, 0.3) is 0 Å². The van der Waals surface area contributed by atoms with Crippen molar-refractivity contribution < 1.29 is 29.4 Å². The predicted molar refractivity (Wildman–Crippen MR) is 99.5 cm³/mol. The van der Waals surface area contributed by atoms with Crippen molar-refractivity contribution in [2.75, 3.05) is 17.5 Å². The lowest BCUT2D eigenvalue weighted by molar-refractivity contribution is -0.140. The van der Waals surface area contributed by atoms with Crippen LogP contribution in [0, 0.1) is 0 Å². The van der Waals surface area contributed by atoms with Crippen LogP contribution in [0.15, 0.2) is 54.6 Å². The molecule has 0 aliphatic carbocycles. The Bertz CT molecular complexity index is 702. The van der Waals surface area contributed by atoms with Crippen molar-refractivity contribution in [3.8, 4) is 0 Å². The topological polar surface area (TPSA) is 113 Å². The zero-order valence-electron chi connectivity index (χ0n) is 14.0. The summed E-state index contributed by atoms with van der Waals surface area (Å²) in [4.78, 5) is 36.8. The van der Waals surface area contributed by atoms with Crippen LogP contribution in [-0.4, -0.2) is 40.1 Å². The van der Waals surface area contributed by atoms with Crippen LogP contribution in [0.2, 0.25) is 0 Å². The van der Waals surface area contributed by atoms with Gasteiger partial charge in [0.05, 0.1) is 23.2 Å². The molecular formula is C18H19NO6S. The number of thioether (sulfide) groups is 1. The predicted octanol–water partition coefficient (Wildman–Crippen LogP) is 3.39. The highest BCUT2D eigenvalue weighted by atomic mass is 32.2. The summed E-state index contributed by atoms with van der Waals surface area (Å²) < 4.78 is 0. The summed E-state index contributed by atoms with van der Waals surface area (Å²) in [5.41, 5.74) is 3.00. The van der Waals surface area contributed by atoms with Gasteiger partial charge in [0.15, 0.2) is 0 Å². The molecule has 0 atom stereocenters. The molecule has 0 spiro atoms. The van der Waals surface area contributed by atoms with Crippen molar-refractivity contribution in [2.24, 2.45) is 0 Å². The fraction of sp³-hybridized carbons (Fsp3) is 0.167. The van der Waals surface area contributed by atoms with Crippen LogP contribution >= 0.6 is 11.8 Å². The van der Waals surface area contributed by atoms with Crippen molar-refractivity contribution in [1.29, 1.82) is 0 Å². The Kier molecular flexibility index (Phi) is 9.34. The summed E-state index contributed by atoms with van der Waals surface area (Å²) in [7, 11) is 0. The van der Waals surface area contributed by atoms with E-state index in [1.54, 1.807) is 11.8 Å². The van der Waals surface area contributed by atoms with E-state index in [1.807, 2.05) is 36.6 Å². The van der Waals surface area contributed by atoms with Crippen LogP contribution in [0.1, 0.15) is 27.1 Å². The molecule has 0 aromatic heterocycles. The van der Waals surface area contributed by atoms with E-state index in [0.29, 0.717) is 6.42 Å². The Morgan fingerprint density at radius 1 is 0.923 bits per heavy atom. The van der Waals surface area contributed by atoms with Gasteiger partial charge in [-0.15, -0.1) is 0 Å². The van der Waals surface area contributed by atoms with Crippen molar-refractivity contribution in [3.05, 3.63) is 65.7 Å². The van der Waals surface area contributed by atoms with Crippen molar-refractivity contribution in [1.82, 2.24) is 0 Å². The Morgan fingerprint density at radius 2 is 1.42 bits per heavy atom. The maximum Gasteiger partial charge on any atom is 0.336 e. The van der Waals surface area contributed by atoms with E-state index in [-0.39, 0.29) is 17.1 Å². The summed E-state index contributed by atoms with van der Waals surface area (Å²) >= 11 is 1.62. The fourth-order valence-corrected chi connectivity index (χ4v) is 2.09. The first kappa shape index (κ1) is 21.0. The molecule has 0 radical (unpaired) electrons. The van der Waals surface area contributed by atoms with E-state index in [1.165, 1.54) is 24.3 Å². The second kappa shape index (κ2) is 11.5. The summed E-state index contributed by atoms with van der Waals surface area (Å²) in [6.07, 6.45) is 2.39. The van der Waals surface area contributed by atoms with Gasteiger partial charge in [-0.1, -0.05) is 30.3 Å². The van der Waals surface area contributed by atoms with Crippen LogP contribution in [0.3, 0.4) is 0 Å². The highest BCUT2D eigenvalue weighted by Crippen LogP contribution is 2.08. The van der Waals surface area contributed by atoms with Crippen molar-refractivity contribution >= 4 is 35.4 Å². The minimum absolute atomic E-state index is 0.190. The number of para-hydroxylation sites is 1. The maximum absolute atomic E-state index is 11.1. The number of aromatic carboxylic acids is 2. The highest BCUT2D eigenvalue weighted by Gasteiger charge is 2.13. The summed E-state index contributed by atoms with van der Waals surface area (Å²) in [6, 6.07) is 14.8. The average molecular weight is 377 g/mol. The number of hydrogen-bond acceptors (Lipinski definition) is 6. The maximum atomic E-state index is 11.1. The molecule has 26 heavy (non-hydrogen) atoms. The van der Waals surface area contributed by atoms with Gasteiger partial charge in [-0.05, 0) is 30.5 Å². The van der Waals surface area contributed by atoms with Gasteiger partial charge in [0, 0.05) is 5.75 Å². The van der Waals surface area contributed by atoms with Gasteiger partial charge in [-0.3, -0.25) is 0 Å². The average Bonchev–Trinajstić information content (AvgIpc) is 2.66. The molecule has 7 nitrogen and oxygen atoms in total. The zero-order chi connectivity index (χ0) is 19.4. The normalized spacial score (nSPS) is 9.42. The summed E-state index contributed by atoms with van der Waals surface area (Å²) in [5, 5.41) is 17.1. The second-order valence-corrected chi connectivity index (χ2v) is 5.83. The molecule has 0 saturated carbocycles. The molecule has 138 valence electrons. The first-order valence-electron chi connectivity index (χ1n) is 7.51. The standard InChI is InChI=1S/C10H13NO2S.C8H6O4/c1-14-8-7-10(12)13-11-9-5-3-2-4-6-9;9-7(10)5-3-1-2-4-6(5)8(11)12/h2-6,11H,7-8H2,1H3;1-4H,(H,9,10)(H,11,12). The molecule has 2 aromatic carbocycles. The number of carbonyl (C=O) groups excluding carboxylic acids is 1. The van der Waals surface area contributed by atoms with Crippen LogP contribution < -0.4 is 5.48 Å². The number of carboxylic acids is 2. The number of benzene rings is 2. The number of hydrogen-bond donors (Lipinski definition) is 3. The molecule has 0 saturated heterocycles. The molecule has 0 amide bonds. The lowest BCUT2D eigenvalue weighted by Crippen LogP contribution is -2.10. The Hall–Kier alpha value is -3.00. The third-order valence-corrected chi connectivity index (χ3v) is 3.57. The second-order valence-electron chi connectivity index (χ2n) is 4.84. The number of rotatable bonds is 7. The largest absolute Gasteiger partial charge is 0.478 e. The van der Waals surface area contributed by atoms with E-state index in [0.717, 1.165) is 11.4 Å². The molecule has 0 fully saturated rings. The summed E-state index contributed by atoms with van der Waals surface area (Å²) in [5.74, 6) is -1.90. The Labute approximate surface area is 154 Å². The number of carbonyl (C=O) groups is 3. The lowest BCUT2D eigenvalue weighted by Gasteiger charge is -2.05. The molecule has 3 N–H and O–H groups in total. The smallest absolute Gasteiger partial charge is 0.336 e. The quantitative estimate of drug-likeness (QED) is 0.629. The van der Waals surface area contributed by atoms with Gasteiger partial charge < -0.3 is 15.1 Å². The molecular weight excluding hydrogens is 358 g/mol. The molecule has 0 unspecified atom stereocenters. The van der Waals surface area contributed by atoms with E-state index >= 15 is 0 Å². The molecule has 2 aromatic rings. The third kappa shape index (κ3) is 7.71. The van der Waals surface area contributed by atoms with E-state index in [2.05, 4.69) is 5.48 Å². The molecule has 2 rings (SSSR count). The monoisotopic (exact) mass is 377 g/mol. The molecule has 8 heteroatoms. The van der Waals surface area contributed by atoms with Gasteiger partial charge in [-0.25, -0.2) is 19.9 Å². The third-order valence-electron chi connectivity index (χ3n) is 2.95.